The Hall–Kier alpha value is -3.22. The van der Waals surface area contributed by atoms with Gasteiger partial charge in [-0.05, 0) is 48.0 Å². The Morgan fingerprint density at radius 1 is 1.13 bits per heavy atom. The number of nitrogens with one attached hydrogen (secondary N) is 2. The maximum atomic E-state index is 13.0. The monoisotopic (exact) mass is 315 g/mol. The SMILES string of the molecule is COc1ccc(/C=N\NC(=O)C(=O)Nc2cccc(F)c2)cc1. The Bertz CT molecular complexity index is 730. The van der Waals surface area contributed by atoms with E-state index in [1.165, 1.54) is 24.4 Å². The lowest BCUT2D eigenvalue weighted by Crippen LogP contribution is -2.32. The van der Waals surface area contributed by atoms with Gasteiger partial charge in [0.05, 0.1) is 13.3 Å². The van der Waals surface area contributed by atoms with E-state index in [9.17, 15) is 14.0 Å². The molecule has 23 heavy (non-hydrogen) atoms. The van der Waals surface area contributed by atoms with Gasteiger partial charge in [-0.15, -0.1) is 0 Å². The Morgan fingerprint density at radius 2 is 1.87 bits per heavy atom. The lowest BCUT2D eigenvalue weighted by Gasteiger charge is -2.03. The topological polar surface area (TPSA) is 79.8 Å². The number of carbonyl (C=O) groups is 2. The minimum absolute atomic E-state index is 0.185. The molecular weight excluding hydrogens is 301 g/mol. The molecule has 2 N–H and O–H groups in total. The summed E-state index contributed by atoms with van der Waals surface area (Å²) in [7, 11) is 1.56. The molecule has 0 radical (unpaired) electrons. The molecule has 2 amide bonds. The van der Waals surface area contributed by atoms with Crippen LogP contribution in [0.15, 0.2) is 53.6 Å². The molecule has 0 aromatic heterocycles. The van der Waals surface area contributed by atoms with E-state index in [4.69, 9.17) is 4.74 Å². The second-order valence-corrected chi connectivity index (χ2v) is 4.44. The third-order valence-electron chi connectivity index (χ3n) is 2.78. The minimum atomic E-state index is -0.959. The number of hydrogen-bond donors (Lipinski definition) is 2. The zero-order valence-electron chi connectivity index (χ0n) is 12.2. The summed E-state index contributed by atoms with van der Waals surface area (Å²) in [4.78, 5) is 23.2. The second kappa shape index (κ2) is 7.69. The number of carbonyl (C=O) groups excluding carboxylic acids is 2. The highest BCUT2D eigenvalue weighted by atomic mass is 19.1. The molecule has 0 bridgehead atoms. The van der Waals surface area contributed by atoms with Crippen LogP contribution < -0.4 is 15.5 Å². The highest BCUT2D eigenvalue weighted by Gasteiger charge is 2.12. The first-order valence-corrected chi connectivity index (χ1v) is 6.62. The summed E-state index contributed by atoms with van der Waals surface area (Å²) in [6, 6.07) is 12.2. The highest BCUT2D eigenvalue weighted by Crippen LogP contribution is 2.10. The van der Waals surface area contributed by atoms with E-state index in [0.29, 0.717) is 5.75 Å². The molecule has 0 saturated heterocycles. The standard InChI is InChI=1S/C16H14FN3O3/c1-23-14-7-5-11(6-8-14)10-18-20-16(22)15(21)19-13-4-2-3-12(17)9-13/h2-10H,1H3,(H,19,21)(H,20,22)/b18-10-. The van der Waals surface area contributed by atoms with Crippen molar-refractivity contribution in [3.8, 4) is 5.75 Å². The van der Waals surface area contributed by atoms with Crippen molar-refractivity contribution in [1.29, 1.82) is 0 Å². The van der Waals surface area contributed by atoms with E-state index in [1.807, 2.05) is 0 Å². The second-order valence-electron chi connectivity index (χ2n) is 4.44. The Morgan fingerprint density at radius 3 is 2.52 bits per heavy atom. The summed E-state index contributed by atoms with van der Waals surface area (Å²) in [5, 5.41) is 5.94. The van der Waals surface area contributed by atoms with E-state index in [2.05, 4.69) is 15.8 Å². The predicted octanol–water partition coefficient (Wildman–Crippen LogP) is 1.92. The van der Waals surface area contributed by atoms with Gasteiger partial charge >= 0.3 is 11.8 Å². The van der Waals surface area contributed by atoms with Crippen molar-refractivity contribution in [1.82, 2.24) is 5.43 Å². The molecule has 2 aromatic rings. The first kappa shape index (κ1) is 16.2. The van der Waals surface area contributed by atoms with Crippen molar-refractivity contribution in [2.75, 3.05) is 12.4 Å². The fraction of sp³-hybridized carbons (Fsp3) is 0.0625. The fourth-order valence-corrected chi connectivity index (χ4v) is 1.66. The summed E-state index contributed by atoms with van der Waals surface area (Å²) in [5.74, 6) is -1.72. The molecule has 6 nitrogen and oxygen atoms in total. The number of ether oxygens (including phenoxy) is 1. The van der Waals surface area contributed by atoms with E-state index in [1.54, 1.807) is 31.4 Å². The molecule has 0 aliphatic heterocycles. The predicted molar refractivity (Wildman–Crippen MR) is 83.8 cm³/mol. The molecule has 2 aromatic carbocycles. The molecule has 7 heteroatoms. The number of nitrogens with zero attached hydrogens (tertiary/aromatic N) is 1. The number of methoxy groups -OCH3 is 1. The van der Waals surface area contributed by atoms with Crippen LogP contribution >= 0.6 is 0 Å². The molecule has 2 rings (SSSR count). The summed E-state index contributed by atoms with van der Waals surface area (Å²) in [5.41, 5.74) is 2.99. The van der Waals surface area contributed by atoms with Gasteiger partial charge in [0, 0.05) is 5.69 Å². The van der Waals surface area contributed by atoms with E-state index < -0.39 is 17.6 Å². The van der Waals surface area contributed by atoms with Crippen LogP contribution in [0.1, 0.15) is 5.56 Å². The number of amides is 2. The Balaban J connectivity index is 1.88. The highest BCUT2D eigenvalue weighted by molar-refractivity contribution is 6.39. The number of benzene rings is 2. The molecule has 0 spiro atoms. The van der Waals surface area contributed by atoms with Crippen molar-refractivity contribution in [3.05, 3.63) is 59.9 Å². The molecule has 0 heterocycles. The maximum Gasteiger partial charge on any atom is 0.329 e. The van der Waals surface area contributed by atoms with Crippen LogP contribution in [0.2, 0.25) is 0 Å². The van der Waals surface area contributed by atoms with Gasteiger partial charge in [0.1, 0.15) is 11.6 Å². The molecule has 0 aliphatic rings. The zero-order valence-corrected chi connectivity index (χ0v) is 12.2. The number of halogens is 1. The van der Waals surface area contributed by atoms with E-state index in [-0.39, 0.29) is 5.69 Å². The lowest BCUT2D eigenvalue weighted by atomic mass is 10.2. The summed E-state index contributed by atoms with van der Waals surface area (Å²) in [6.07, 6.45) is 1.38. The number of rotatable bonds is 4. The Kier molecular flexibility index (Phi) is 5.40. The van der Waals surface area contributed by atoms with Gasteiger partial charge in [0.15, 0.2) is 0 Å². The first-order chi connectivity index (χ1) is 11.1. The maximum absolute atomic E-state index is 13.0. The van der Waals surface area contributed by atoms with Crippen LogP contribution in [-0.4, -0.2) is 25.1 Å². The summed E-state index contributed by atoms with van der Waals surface area (Å²) < 4.78 is 18.0. The first-order valence-electron chi connectivity index (χ1n) is 6.62. The van der Waals surface area contributed by atoms with E-state index in [0.717, 1.165) is 11.6 Å². The van der Waals surface area contributed by atoms with Gasteiger partial charge in [0.2, 0.25) is 0 Å². The van der Waals surface area contributed by atoms with Crippen molar-refractivity contribution >= 4 is 23.7 Å². The smallest absolute Gasteiger partial charge is 0.329 e. The average molecular weight is 315 g/mol. The van der Waals surface area contributed by atoms with Crippen LogP contribution in [0.4, 0.5) is 10.1 Å². The van der Waals surface area contributed by atoms with E-state index >= 15 is 0 Å². The summed E-state index contributed by atoms with van der Waals surface area (Å²) >= 11 is 0. The van der Waals surface area contributed by atoms with Crippen LogP contribution in [0.25, 0.3) is 0 Å². The molecule has 0 saturated carbocycles. The molecule has 0 fully saturated rings. The molecular formula is C16H14FN3O3. The lowest BCUT2D eigenvalue weighted by molar-refractivity contribution is -0.136. The number of anilines is 1. The van der Waals surface area contributed by atoms with Crippen LogP contribution in [0.5, 0.6) is 5.75 Å². The molecule has 0 aliphatic carbocycles. The summed E-state index contributed by atoms with van der Waals surface area (Å²) in [6.45, 7) is 0. The van der Waals surface area contributed by atoms with Crippen LogP contribution in [-0.2, 0) is 9.59 Å². The van der Waals surface area contributed by atoms with Crippen LogP contribution in [0.3, 0.4) is 0 Å². The molecule has 0 atom stereocenters. The van der Waals surface area contributed by atoms with Crippen molar-refractivity contribution in [2.24, 2.45) is 5.10 Å². The third-order valence-corrected chi connectivity index (χ3v) is 2.78. The van der Waals surface area contributed by atoms with Crippen molar-refractivity contribution < 1.29 is 18.7 Å². The average Bonchev–Trinajstić information content (AvgIpc) is 2.55. The number of hydrogen-bond acceptors (Lipinski definition) is 4. The number of hydrazone groups is 1. The minimum Gasteiger partial charge on any atom is -0.497 e. The quantitative estimate of drug-likeness (QED) is 0.514. The molecule has 0 unspecified atom stereocenters. The van der Waals surface area contributed by atoms with Crippen molar-refractivity contribution in [2.45, 2.75) is 0 Å². The van der Waals surface area contributed by atoms with Gasteiger partial charge in [-0.3, -0.25) is 9.59 Å². The van der Waals surface area contributed by atoms with Gasteiger partial charge in [-0.2, -0.15) is 5.10 Å². The van der Waals surface area contributed by atoms with Gasteiger partial charge < -0.3 is 10.1 Å². The van der Waals surface area contributed by atoms with Gasteiger partial charge in [0.25, 0.3) is 0 Å². The normalized spacial score (nSPS) is 10.3. The van der Waals surface area contributed by atoms with Crippen molar-refractivity contribution in [3.63, 3.8) is 0 Å². The van der Waals surface area contributed by atoms with Gasteiger partial charge in [-0.25, -0.2) is 9.82 Å². The molecule has 118 valence electrons. The zero-order chi connectivity index (χ0) is 16.7. The third kappa shape index (κ3) is 4.92. The Labute approximate surface area is 132 Å². The van der Waals surface area contributed by atoms with Crippen LogP contribution in [0, 0.1) is 5.82 Å². The fourth-order valence-electron chi connectivity index (χ4n) is 1.66. The largest absolute Gasteiger partial charge is 0.497 e. The van der Waals surface area contributed by atoms with Gasteiger partial charge in [-0.1, -0.05) is 6.07 Å².